The Morgan fingerprint density at radius 3 is 2.53 bits per heavy atom. The van der Waals surface area contributed by atoms with Crippen LogP contribution >= 0.6 is 0 Å². The van der Waals surface area contributed by atoms with Crippen LogP contribution in [-0.4, -0.2) is 10.9 Å². The van der Waals surface area contributed by atoms with Gasteiger partial charge in [0.15, 0.2) is 0 Å². The van der Waals surface area contributed by atoms with Crippen molar-refractivity contribution in [2.45, 2.75) is 26.3 Å². The molecule has 98 valence electrons. The molecule has 0 saturated carbocycles. The molecule has 0 unspecified atom stereocenters. The van der Waals surface area contributed by atoms with E-state index in [0.29, 0.717) is 12.5 Å². The molecule has 0 aliphatic rings. The summed E-state index contributed by atoms with van der Waals surface area (Å²) in [6.45, 7) is 4.71. The minimum atomic E-state index is -0.0267. The third-order valence-electron chi connectivity index (χ3n) is 3.03. The maximum absolute atomic E-state index is 12.2. The molecule has 0 radical (unpaired) electrons. The largest absolute Gasteiger partial charge is 0.348 e. The van der Waals surface area contributed by atoms with Crippen molar-refractivity contribution in [3.8, 4) is 0 Å². The van der Waals surface area contributed by atoms with Gasteiger partial charge in [0, 0.05) is 24.5 Å². The molecule has 0 fully saturated rings. The predicted octanol–water partition coefficient (Wildman–Crippen LogP) is 3.14. The van der Waals surface area contributed by atoms with Crippen molar-refractivity contribution < 1.29 is 4.79 Å². The molecular weight excluding hydrogens is 236 g/mol. The second-order valence-electron chi connectivity index (χ2n) is 4.78. The van der Waals surface area contributed by atoms with E-state index in [0.717, 1.165) is 16.7 Å². The lowest BCUT2D eigenvalue weighted by Gasteiger charge is -2.12. The van der Waals surface area contributed by atoms with E-state index in [1.165, 1.54) is 0 Å². The highest BCUT2D eigenvalue weighted by Crippen LogP contribution is 2.19. The molecular formula is C16H18N2O. The Labute approximate surface area is 113 Å². The monoisotopic (exact) mass is 254 g/mol. The summed E-state index contributed by atoms with van der Waals surface area (Å²) < 4.78 is 0. The van der Waals surface area contributed by atoms with Gasteiger partial charge in [0.05, 0.1) is 0 Å². The Morgan fingerprint density at radius 1 is 1.16 bits per heavy atom. The normalized spacial score (nSPS) is 10.5. The molecule has 1 aromatic heterocycles. The lowest BCUT2D eigenvalue weighted by atomic mass is 9.97. The molecule has 1 aromatic carbocycles. The van der Waals surface area contributed by atoms with Gasteiger partial charge in [-0.1, -0.05) is 32.0 Å². The molecule has 0 aliphatic carbocycles. The first-order valence-corrected chi connectivity index (χ1v) is 6.44. The van der Waals surface area contributed by atoms with E-state index >= 15 is 0 Å². The average molecular weight is 254 g/mol. The second kappa shape index (κ2) is 6.14. The molecule has 2 aromatic rings. The quantitative estimate of drug-likeness (QED) is 0.910. The van der Waals surface area contributed by atoms with E-state index in [1.807, 2.05) is 36.4 Å². The number of rotatable bonds is 4. The molecule has 19 heavy (non-hydrogen) atoms. The van der Waals surface area contributed by atoms with Crippen LogP contribution in [0.4, 0.5) is 0 Å². The van der Waals surface area contributed by atoms with Crippen LogP contribution in [-0.2, 0) is 6.54 Å². The van der Waals surface area contributed by atoms with Crippen LogP contribution in [0.1, 0.15) is 41.3 Å². The summed E-state index contributed by atoms with van der Waals surface area (Å²) in [4.78, 5) is 16.2. The third kappa shape index (κ3) is 3.41. The summed E-state index contributed by atoms with van der Waals surface area (Å²) in [7, 11) is 0. The Balaban J connectivity index is 2.08. The van der Waals surface area contributed by atoms with Crippen molar-refractivity contribution in [1.82, 2.24) is 10.3 Å². The summed E-state index contributed by atoms with van der Waals surface area (Å²) in [5.41, 5.74) is 2.88. The molecule has 3 nitrogen and oxygen atoms in total. The summed E-state index contributed by atoms with van der Waals surface area (Å²) in [6.07, 6.45) is 3.45. The molecule has 3 heteroatoms. The zero-order valence-corrected chi connectivity index (χ0v) is 11.3. The van der Waals surface area contributed by atoms with Gasteiger partial charge in [-0.15, -0.1) is 0 Å². The number of pyridine rings is 1. The number of aromatic nitrogens is 1. The van der Waals surface area contributed by atoms with Gasteiger partial charge in [0.2, 0.25) is 0 Å². The van der Waals surface area contributed by atoms with Gasteiger partial charge in [0.25, 0.3) is 5.91 Å². The van der Waals surface area contributed by atoms with Crippen LogP contribution in [0.2, 0.25) is 0 Å². The van der Waals surface area contributed by atoms with Gasteiger partial charge in [-0.3, -0.25) is 9.78 Å². The van der Waals surface area contributed by atoms with Crippen LogP contribution in [0.5, 0.6) is 0 Å². The zero-order chi connectivity index (χ0) is 13.7. The van der Waals surface area contributed by atoms with E-state index in [4.69, 9.17) is 0 Å². The lowest BCUT2D eigenvalue weighted by Crippen LogP contribution is -2.24. The summed E-state index contributed by atoms with van der Waals surface area (Å²) in [6, 6.07) is 11.5. The van der Waals surface area contributed by atoms with Gasteiger partial charge in [-0.05, 0) is 35.2 Å². The van der Waals surface area contributed by atoms with Gasteiger partial charge in [-0.25, -0.2) is 0 Å². The van der Waals surface area contributed by atoms with Gasteiger partial charge < -0.3 is 5.32 Å². The van der Waals surface area contributed by atoms with Crippen molar-refractivity contribution in [3.63, 3.8) is 0 Å². The zero-order valence-electron chi connectivity index (χ0n) is 11.3. The Bertz CT molecular complexity index is 550. The van der Waals surface area contributed by atoms with E-state index in [1.54, 1.807) is 12.4 Å². The first-order valence-electron chi connectivity index (χ1n) is 6.44. The number of nitrogens with zero attached hydrogens (tertiary/aromatic N) is 1. The fourth-order valence-corrected chi connectivity index (χ4v) is 1.99. The number of amides is 1. The van der Waals surface area contributed by atoms with Gasteiger partial charge in [-0.2, -0.15) is 0 Å². The fourth-order valence-electron chi connectivity index (χ4n) is 1.99. The fraction of sp³-hybridized carbons (Fsp3) is 0.250. The van der Waals surface area contributed by atoms with Crippen LogP contribution in [0.15, 0.2) is 48.8 Å². The number of hydrogen-bond acceptors (Lipinski definition) is 2. The van der Waals surface area contributed by atoms with Crippen LogP contribution < -0.4 is 5.32 Å². The van der Waals surface area contributed by atoms with Crippen molar-refractivity contribution in [2.75, 3.05) is 0 Å². The van der Waals surface area contributed by atoms with Crippen molar-refractivity contribution in [3.05, 3.63) is 65.5 Å². The van der Waals surface area contributed by atoms with Crippen LogP contribution in [0, 0.1) is 0 Å². The van der Waals surface area contributed by atoms with Crippen molar-refractivity contribution in [1.29, 1.82) is 0 Å². The first-order chi connectivity index (χ1) is 9.18. The minimum Gasteiger partial charge on any atom is -0.348 e. The van der Waals surface area contributed by atoms with Crippen LogP contribution in [0.3, 0.4) is 0 Å². The molecule has 1 heterocycles. The predicted molar refractivity (Wildman–Crippen MR) is 75.9 cm³/mol. The van der Waals surface area contributed by atoms with Gasteiger partial charge in [0.1, 0.15) is 0 Å². The third-order valence-corrected chi connectivity index (χ3v) is 3.03. The molecule has 0 spiro atoms. The molecule has 0 aliphatic heterocycles. The summed E-state index contributed by atoms with van der Waals surface area (Å²) in [5.74, 6) is 0.309. The highest BCUT2D eigenvalue weighted by molar-refractivity contribution is 5.95. The maximum atomic E-state index is 12.2. The molecule has 2 rings (SSSR count). The Hall–Kier alpha value is -2.16. The molecule has 0 saturated heterocycles. The average Bonchev–Trinajstić information content (AvgIpc) is 2.46. The minimum absolute atomic E-state index is 0.0267. The topological polar surface area (TPSA) is 42.0 Å². The van der Waals surface area contributed by atoms with Crippen molar-refractivity contribution in [2.24, 2.45) is 0 Å². The number of hydrogen-bond donors (Lipinski definition) is 1. The summed E-state index contributed by atoms with van der Waals surface area (Å²) >= 11 is 0. The molecule has 0 atom stereocenters. The lowest BCUT2D eigenvalue weighted by molar-refractivity contribution is 0.0949. The van der Waals surface area contributed by atoms with E-state index < -0.39 is 0 Å². The van der Waals surface area contributed by atoms with E-state index in [9.17, 15) is 4.79 Å². The maximum Gasteiger partial charge on any atom is 0.251 e. The number of nitrogens with one attached hydrogen (secondary N) is 1. The van der Waals surface area contributed by atoms with Crippen LogP contribution in [0.25, 0.3) is 0 Å². The van der Waals surface area contributed by atoms with Gasteiger partial charge >= 0.3 is 0 Å². The second-order valence-corrected chi connectivity index (χ2v) is 4.78. The van der Waals surface area contributed by atoms with E-state index in [-0.39, 0.29) is 5.91 Å². The smallest absolute Gasteiger partial charge is 0.251 e. The standard InChI is InChI=1S/C16H18N2O/c1-12(2)14-5-3-4-6-15(14)16(19)18-11-13-7-9-17-10-8-13/h3-10,12H,11H2,1-2H3,(H,18,19). The molecule has 1 amide bonds. The number of carbonyl (C=O) groups is 1. The highest BCUT2D eigenvalue weighted by Gasteiger charge is 2.12. The van der Waals surface area contributed by atoms with E-state index in [2.05, 4.69) is 24.1 Å². The number of benzene rings is 1. The number of carbonyl (C=O) groups excluding carboxylic acids is 1. The Kier molecular flexibility index (Phi) is 4.29. The molecule has 1 N–H and O–H groups in total. The highest BCUT2D eigenvalue weighted by atomic mass is 16.1. The van der Waals surface area contributed by atoms with Crippen molar-refractivity contribution >= 4 is 5.91 Å². The summed E-state index contributed by atoms with van der Waals surface area (Å²) in [5, 5.41) is 2.94. The molecule has 0 bridgehead atoms. The Morgan fingerprint density at radius 2 is 1.84 bits per heavy atom. The SMILES string of the molecule is CC(C)c1ccccc1C(=O)NCc1ccncc1. The first kappa shape index (κ1) is 13.3.